The normalized spacial score (nSPS) is 13.4. The summed E-state index contributed by atoms with van der Waals surface area (Å²) in [5.74, 6) is -0.732. The van der Waals surface area contributed by atoms with Crippen LogP contribution in [-0.4, -0.2) is 52.9 Å². The molecule has 0 amide bonds. The van der Waals surface area contributed by atoms with Crippen LogP contribution in [0.1, 0.15) is 65.7 Å². The smallest absolute Gasteiger partial charge is 0.309 e. The van der Waals surface area contributed by atoms with Gasteiger partial charge in [-0.15, -0.1) is 0 Å². The number of hydrogen-bond donors (Lipinski definition) is 2. The van der Waals surface area contributed by atoms with E-state index in [1.165, 1.54) is 25.7 Å². The highest BCUT2D eigenvalue weighted by molar-refractivity contribution is 5.66. The minimum absolute atomic E-state index is 0.199. The largest absolute Gasteiger partial charge is 0.481 e. The van der Waals surface area contributed by atoms with Crippen LogP contribution in [-0.2, 0) is 4.79 Å². The molecule has 0 saturated carbocycles. The highest BCUT2D eigenvalue weighted by Gasteiger charge is 2.29. The van der Waals surface area contributed by atoms with Gasteiger partial charge in [0.05, 0.1) is 26.1 Å². The van der Waals surface area contributed by atoms with E-state index in [-0.39, 0.29) is 12.5 Å². The van der Waals surface area contributed by atoms with Crippen molar-refractivity contribution in [2.75, 3.05) is 26.2 Å². The Bertz CT molecular complexity index is 244. The van der Waals surface area contributed by atoms with Gasteiger partial charge in [-0.05, 0) is 32.6 Å². The van der Waals surface area contributed by atoms with Gasteiger partial charge in [-0.2, -0.15) is 0 Å². The minimum Gasteiger partial charge on any atom is -0.481 e. The third-order valence-corrected chi connectivity index (χ3v) is 3.92. The molecule has 0 aliphatic heterocycles. The second kappa shape index (κ2) is 11.1. The summed E-state index contributed by atoms with van der Waals surface area (Å²) in [6, 6.07) is 0. The fourth-order valence-corrected chi connectivity index (χ4v) is 2.90. The van der Waals surface area contributed by atoms with Crippen molar-refractivity contribution in [1.29, 1.82) is 0 Å². The molecule has 0 aromatic rings. The third kappa shape index (κ3) is 9.32. The molecule has 0 aliphatic carbocycles. The van der Waals surface area contributed by atoms with Crippen LogP contribution in [0.2, 0.25) is 0 Å². The van der Waals surface area contributed by atoms with E-state index in [1.807, 2.05) is 6.92 Å². The van der Waals surface area contributed by atoms with E-state index in [1.54, 1.807) is 0 Å². The second-order valence-corrected chi connectivity index (χ2v) is 6.10. The fraction of sp³-hybridized carbons (Fsp3) is 0.938. The molecule has 1 atom stereocenters. The van der Waals surface area contributed by atoms with Crippen LogP contribution in [0, 0.1) is 0 Å². The maximum atomic E-state index is 10.9. The first-order valence-corrected chi connectivity index (χ1v) is 8.20. The van der Waals surface area contributed by atoms with E-state index in [9.17, 15) is 9.90 Å². The molecule has 4 heteroatoms. The number of aliphatic carboxylic acids is 1. The Morgan fingerprint density at radius 2 is 1.50 bits per heavy atom. The Morgan fingerprint density at radius 1 is 1.00 bits per heavy atom. The van der Waals surface area contributed by atoms with Gasteiger partial charge in [-0.25, -0.2) is 0 Å². The molecule has 0 aliphatic rings. The number of quaternary nitrogens is 1. The summed E-state index contributed by atoms with van der Waals surface area (Å²) in [5, 5.41) is 18.8. The lowest BCUT2D eigenvalue weighted by Gasteiger charge is -2.40. The van der Waals surface area contributed by atoms with Gasteiger partial charge >= 0.3 is 5.97 Å². The lowest BCUT2D eigenvalue weighted by atomic mass is 10.1. The van der Waals surface area contributed by atoms with E-state index in [2.05, 4.69) is 13.8 Å². The first kappa shape index (κ1) is 19.4. The molecule has 0 bridgehead atoms. The summed E-state index contributed by atoms with van der Waals surface area (Å²) < 4.78 is 0.768. The molecular weight excluding hydrogens is 254 g/mol. The van der Waals surface area contributed by atoms with Gasteiger partial charge < -0.3 is 14.7 Å². The molecule has 4 nitrogen and oxygen atoms in total. The van der Waals surface area contributed by atoms with E-state index < -0.39 is 5.97 Å². The van der Waals surface area contributed by atoms with E-state index in [0.717, 1.165) is 30.4 Å². The van der Waals surface area contributed by atoms with E-state index in [4.69, 9.17) is 5.11 Å². The second-order valence-electron chi connectivity index (χ2n) is 6.10. The van der Waals surface area contributed by atoms with Crippen LogP contribution >= 0.6 is 0 Å². The van der Waals surface area contributed by atoms with Crippen LogP contribution in [0.15, 0.2) is 0 Å². The van der Waals surface area contributed by atoms with E-state index >= 15 is 0 Å². The first-order valence-electron chi connectivity index (χ1n) is 8.20. The van der Waals surface area contributed by atoms with Gasteiger partial charge in [0.15, 0.2) is 0 Å². The van der Waals surface area contributed by atoms with Crippen molar-refractivity contribution in [2.24, 2.45) is 0 Å². The molecule has 0 rings (SSSR count). The van der Waals surface area contributed by atoms with Gasteiger partial charge in [0, 0.05) is 0 Å². The standard InChI is InChI=1S/C16H33NO3/c1-4-6-8-11-17(14-15(3)18,12-9-7-5-2)13-10-16(19)20/h15,18H,4-14H2,1-3H3/p+1. The quantitative estimate of drug-likeness (QED) is 0.404. The van der Waals surface area contributed by atoms with Crippen molar-refractivity contribution in [3.8, 4) is 0 Å². The molecule has 0 saturated heterocycles. The zero-order valence-corrected chi connectivity index (χ0v) is 13.6. The van der Waals surface area contributed by atoms with Crippen molar-refractivity contribution < 1.29 is 19.5 Å². The number of rotatable bonds is 13. The number of hydrogen-bond acceptors (Lipinski definition) is 2. The Balaban J connectivity index is 4.69. The van der Waals surface area contributed by atoms with Gasteiger partial charge in [0.2, 0.25) is 0 Å². The van der Waals surface area contributed by atoms with E-state index in [0.29, 0.717) is 13.1 Å². The third-order valence-electron chi connectivity index (χ3n) is 3.92. The fourth-order valence-electron chi connectivity index (χ4n) is 2.90. The topological polar surface area (TPSA) is 57.5 Å². The summed E-state index contributed by atoms with van der Waals surface area (Å²) >= 11 is 0. The van der Waals surface area contributed by atoms with Crippen molar-refractivity contribution in [3.05, 3.63) is 0 Å². The highest BCUT2D eigenvalue weighted by Crippen LogP contribution is 2.16. The zero-order chi connectivity index (χ0) is 15.4. The van der Waals surface area contributed by atoms with Gasteiger partial charge in [-0.3, -0.25) is 4.79 Å². The highest BCUT2D eigenvalue weighted by atomic mass is 16.4. The average molecular weight is 288 g/mol. The maximum absolute atomic E-state index is 10.9. The van der Waals surface area contributed by atoms with Crippen molar-refractivity contribution in [2.45, 2.75) is 71.8 Å². The molecule has 0 aromatic carbocycles. The summed E-state index contributed by atoms with van der Waals surface area (Å²) in [6.45, 7) is 9.49. The first-order chi connectivity index (χ1) is 9.45. The Kier molecular flexibility index (Phi) is 10.8. The van der Waals surface area contributed by atoms with Crippen molar-refractivity contribution in [3.63, 3.8) is 0 Å². The lowest BCUT2D eigenvalue weighted by Crippen LogP contribution is -2.54. The van der Waals surface area contributed by atoms with Gasteiger partial charge in [-0.1, -0.05) is 26.7 Å². The summed E-state index contributed by atoms with van der Waals surface area (Å²) in [6.07, 6.45) is 6.77. The molecule has 0 fully saturated rings. The minimum atomic E-state index is -0.732. The molecule has 0 spiro atoms. The summed E-state index contributed by atoms with van der Waals surface area (Å²) in [5.41, 5.74) is 0. The average Bonchev–Trinajstić information content (AvgIpc) is 2.36. The van der Waals surface area contributed by atoms with Crippen LogP contribution in [0.5, 0.6) is 0 Å². The summed E-state index contributed by atoms with van der Waals surface area (Å²) in [7, 11) is 0. The molecular formula is C16H34NO3+. The Morgan fingerprint density at radius 3 is 1.85 bits per heavy atom. The molecule has 0 aromatic heterocycles. The summed E-state index contributed by atoms with van der Waals surface area (Å²) in [4.78, 5) is 10.9. The molecule has 0 radical (unpaired) electrons. The van der Waals surface area contributed by atoms with Crippen LogP contribution in [0.3, 0.4) is 0 Å². The molecule has 2 N–H and O–H groups in total. The number of carbonyl (C=O) groups is 1. The van der Waals surface area contributed by atoms with Crippen LogP contribution in [0.4, 0.5) is 0 Å². The van der Waals surface area contributed by atoms with Crippen LogP contribution in [0.25, 0.3) is 0 Å². The van der Waals surface area contributed by atoms with Gasteiger partial charge in [0.1, 0.15) is 12.6 Å². The number of nitrogens with zero attached hydrogens (tertiary/aromatic N) is 1. The number of unbranched alkanes of at least 4 members (excludes halogenated alkanes) is 4. The Hall–Kier alpha value is -0.610. The van der Waals surface area contributed by atoms with Crippen LogP contribution < -0.4 is 0 Å². The number of aliphatic hydroxyl groups excluding tert-OH is 1. The lowest BCUT2D eigenvalue weighted by molar-refractivity contribution is -0.930. The number of aliphatic hydroxyl groups is 1. The van der Waals surface area contributed by atoms with Crippen molar-refractivity contribution in [1.82, 2.24) is 0 Å². The maximum Gasteiger partial charge on any atom is 0.309 e. The van der Waals surface area contributed by atoms with Gasteiger partial charge in [0.25, 0.3) is 0 Å². The zero-order valence-electron chi connectivity index (χ0n) is 13.6. The molecule has 120 valence electrons. The van der Waals surface area contributed by atoms with Crippen molar-refractivity contribution >= 4 is 5.97 Å². The molecule has 0 heterocycles. The molecule has 1 unspecified atom stereocenters. The number of carboxylic acids is 1. The molecule has 20 heavy (non-hydrogen) atoms. The Labute approximate surface area is 124 Å². The predicted molar refractivity (Wildman–Crippen MR) is 82.7 cm³/mol. The number of carboxylic acid groups (broad SMARTS) is 1. The SMILES string of the molecule is CCCCC[N+](CCCCC)(CCC(=O)O)CC(C)O. The predicted octanol–water partition coefficient (Wildman–Crippen LogP) is 3.04. The monoisotopic (exact) mass is 288 g/mol.